The van der Waals surface area contributed by atoms with Crippen LogP contribution >= 0.6 is 0 Å². The molecule has 0 bridgehead atoms. The summed E-state index contributed by atoms with van der Waals surface area (Å²) in [6.45, 7) is 5.80. The van der Waals surface area contributed by atoms with E-state index in [1.54, 1.807) is 26.8 Å². The first-order chi connectivity index (χ1) is 8.87. The summed E-state index contributed by atoms with van der Waals surface area (Å²) in [4.78, 5) is 11.8. The van der Waals surface area contributed by atoms with Crippen molar-refractivity contribution in [3.05, 3.63) is 35.1 Å². The fourth-order valence-electron chi connectivity index (χ4n) is 1.75. The molecule has 1 aliphatic rings. The molecule has 2 rings (SSSR count). The molecule has 0 spiro atoms. The van der Waals surface area contributed by atoms with Crippen LogP contribution in [0.4, 0.5) is 4.39 Å². The number of carbonyl (C=O) groups excluding carboxylic acids is 1. The Morgan fingerprint density at radius 2 is 2.00 bits per heavy atom. The van der Waals surface area contributed by atoms with E-state index in [9.17, 15) is 9.18 Å². The number of esters is 1. The molecule has 4 nitrogen and oxygen atoms in total. The summed E-state index contributed by atoms with van der Waals surface area (Å²) < 4.78 is 29.5. The SMILES string of the molecule is Cc1ccc(C(=O)OC2COC(C)(C)OC2)c(F)c1. The van der Waals surface area contributed by atoms with Gasteiger partial charge in [0, 0.05) is 0 Å². The van der Waals surface area contributed by atoms with Crippen molar-refractivity contribution in [3.63, 3.8) is 0 Å². The molecule has 1 aromatic carbocycles. The number of hydrogen-bond acceptors (Lipinski definition) is 4. The zero-order valence-corrected chi connectivity index (χ0v) is 11.2. The molecule has 1 aliphatic heterocycles. The largest absolute Gasteiger partial charge is 0.454 e. The lowest BCUT2D eigenvalue weighted by molar-refractivity contribution is -0.272. The number of carbonyl (C=O) groups is 1. The molecule has 1 aromatic rings. The Hall–Kier alpha value is -1.46. The minimum atomic E-state index is -0.700. The fraction of sp³-hybridized carbons (Fsp3) is 0.500. The smallest absolute Gasteiger partial charge is 0.341 e. The summed E-state index contributed by atoms with van der Waals surface area (Å²) in [5.41, 5.74) is 0.676. The molecule has 1 saturated heterocycles. The van der Waals surface area contributed by atoms with Gasteiger partial charge in [0.25, 0.3) is 0 Å². The highest BCUT2D eigenvalue weighted by Crippen LogP contribution is 2.20. The molecule has 1 fully saturated rings. The first-order valence-corrected chi connectivity index (χ1v) is 6.12. The van der Waals surface area contributed by atoms with E-state index in [0.29, 0.717) is 0 Å². The number of benzene rings is 1. The Morgan fingerprint density at radius 3 is 2.58 bits per heavy atom. The van der Waals surface area contributed by atoms with Crippen LogP contribution in [0.25, 0.3) is 0 Å². The van der Waals surface area contributed by atoms with Gasteiger partial charge in [0.15, 0.2) is 5.79 Å². The molecule has 5 heteroatoms. The van der Waals surface area contributed by atoms with Crippen LogP contribution in [0.15, 0.2) is 18.2 Å². The third kappa shape index (κ3) is 3.52. The monoisotopic (exact) mass is 268 g/mol. The Kier molecular flexibility index (Phi) is 3.87. The third-order valence-electron chi connectivity index (χ3n) is 2.85. The predicted molar refractivity (Wildman–Crippen MR) is 66.3 cm³/mol. The molecule has 0 atom stereocenters. The number of hydrogen-bond donors (Lipinski definition) is 0. The summed E-state index contributed by atoms with van der Waals surface area (Å²) in [6, 6.07) is 4.38. The van der Waals surface area contributed by atoms with E-state index in [-0.39, 0.29) is 18.8 Å². The quantitative estimate of drug-likeness (QED) is 0.773. The summed E-state index contributed by atoms with van der Waals surface area (Å²) in [5.74, 6) is -1.95. The molecule has 0 unspecified atom stereocenters. The Bertz CT molecular complexity index is 474. The van der Waals surface area contributed by atoms with E-state index in [2.05, 4.69) is 0 Å². The summed E-state index contributed by atoms with van der Waals surface area (Å²) >= 11 is 0. The van der Waals surface area contributed by atoms with Crippen molar-refractivity contribution in [2.24, 2.45) is 0 Å². The molecule has 0 saturated carbocycles. The first-order valence-electron chi connectivity index (χ1n) is 6.12. The van der Waals surface area contributed by atoms with Crippen molar-refractivity contribution in [3.8, 4) is 0 Å². The molecule has 0 N–H and O–H groups in total. The molecular formula is C14H17FO4. The van der Waals surface area contributed by atoms with Gasteiger partial charge >= 0.3 is 5.97 Å². The minimum absolute atomic E-state index is 0.0737. The van der Waals surface area contributed by atoms with E-state index < -0.39 is 23.7 Å². The minimum Gasteiger partial charge on any atom is -0.454 e. The van der Waals surface area contributed by atoms with Crippen LogP contribution in [-0.4, -0.2) is 31.1 Å². The van der Waals surface area contributed by atoms with Gasteiger partial charge in [-0.3, -0.25) is 0 Å². The average Bonchev–Trinajstić information content (AvgIpc) is 2.31. The van der Waals surface area contributed by atoms with Crippen molar-refractivity contribution < 1.29 is 23.4 Å². The van der Waals surface area contributed by atoms with E-state index in [1.165, 1.54) is 12.1 Å². The van der Waals surface area contributed by atoms with Crippen molar-refractivity contribution >= 4 is 5.97 Å². The van der Waals surface area contributed by atoms with Crippen LogP contribution in [0, 0.1) is 12.7 Å². The van der Waals surface area contributed by atoms with E-state index >= 15 is 0 Å². The van der Waals surface area contributed by atoms with Crippen LogP contribution in [0.3, 0.4) is 0 Å². The topological polar surface area (TPSA) is 44.8 Å². The maximum atomic E-state index is 13.6. The fourth-order valence-corrected chi connectivity index (χ4v) is 1.75. The lowest BCUT2D eigenvalue weighted by atomic mass is 10.1. The third-order valence-corrected chi connectivity index (χ3v) is 2.85. The van der Waals surface area contributed by atoms with Gasteiger partial charge < -0.3 is 14.2 Å². The maximum absolute atomic E-state index is 13.6. The zero-order chi connectivity index (χ0) is 14.0. The van der Waals surface area contributed by atoms with Crippen LogP contribution < -0.4 is 0 Å². The number of aryl methyl sites for hydroxylation is 1. The average molecular weight is 268 g/mol. The molecule has 1 heterocycles. The molecule has 0 amide bonds. The molecule has 19 heavy (non-hydrogen) atoms. The van der Waals surface area contributed by atoms with Crippen LogP contribution in [0.2, 0.25) is 0 Å². The molecule has 104 valence electrons. The normalized spacial score (nSPS) is 19.2. The second-order valence-electron chi connectivity index (χ2n) is 5.03. The van der Waals surface area contributed by atoms with Gasteiger partial charge in [0.05, 0.1) is 18.8 Å². The van der Waals surface area contributed by atoms with E-state index in [0.717, 1.165) is 5.56 Å². The predicted octanol–water partition coefficient (Wildman–Crippen LogP) is 2.44. The van der Waals surface area contributed by atoms with Gasteiger partial charge in [-0.05, 0) is 38.5 Å². The Balaban J connectivity index is 1.98. The molecule has 0 aromatic heterocycles. The molecule has 0 aliphatic carbocycles. The second-order valence-corrected chi connectivity index (χ2v) is 5.03. The lowest BCUT2D eigenvalue weighted by Gasteiger charge is -2.34. The second kappa shape index (κ2) is 5.27. The molecular weight excluding hydrogens is 251 g/mol. The highest BCUT2D eigenvalue weighted by Gasteiger charge is 2.30. The Labute approximate surface area is 111 Å². The van der Waals surface area contributed by atoms with Crippen LogP contribution in [0.5, 0.6) is 0 Å². The number of rotatable bonds is 2. The van der Waals surface area contributed by atoms with Gasteiger partial charge in [-0.2, -0.15) is 0 Å². The van der Waals surface area contributed by atoms with Crippen molar-refractivity contribution in [1.82, 2.24) is 0 Å². The zero-order valence-electron chi connectivity index (χ0n) is 11.2. The lowest BCUT2D eigenvalue weighted by Crippen LogP contribution is -2.43. The van der Waals surface area contributed by atoms with Gasteiger partial charge in [-0.15, -0.1) is 0 Å². The van der Waals surface area contributed by atoms with Gasteiger partial charge in [0.2, 0.25) is 0 Å². The molecule has 0 radical (unpaired) electrons. The standard InChI is InChI=1S/C14H17FO4/c1-9-4-5-11(12(15)6-9)13(16)19-10-7-17-14(2,3)18-8-10/h4-6,10H,7-8H2,1-3H3. The Morgan fingerprint density at radius 1 is 1.37 bits per heavy atom. The first kappa shape index (κ1) is 14.0. The maximum Gasteiger partial charge on any atom is 0.341 e. The van der Waals surface area contributed by atoms with Crippen LogP contribution in [0.1, 0.15) is 29.8 Å². The number of halogens is 1. The van der Waals surface area contributed by atoms with Gasteiger partial charge in [0.1, 0.15) is 11.9 Å². The number of ether oxygens (including phenoxy) is 3. The van der Waals surface area contributed by atoms with Crippen molar-refractivity contribution in [1.29, 1.82) is 0 Å². The van der Waals surface area contributed by atoms with Gasteiger partial charge in [-0.25, -0.2) is 9.18 Å². The van der Waals surface area contributed by atoms with E-state index in [4.69, 9.17) is 14.2 Å². The summed E-state index contributed by atoms with van der Waals surface area (Å²) in [6.07, 6.45) is -0.513. The van der Waals surface area contributed by atoms with Crippen molar-refractivity contribution in [2.45, 2.75) is 32.7 Å². The summed E-state index contributed by atoms with van der Waals surface area (Å²) in [5, 5.41) is 0. The van der Waals surface area contributed by atoms with Gasteiger partial charge in [-0.1, -0.05) is 6.07 Å². The van der Waals surface area contributed by atoms with Crippen LogP contribution in [-0.2, 0) is 14.2 Å². The summed E-state index contributed by atoms with van der Waals surface area (Å²) in [7, 11) is 0. The van der Waals surface area contributed by atoms with E-state index in [1.807, 2.05) is 0 Å². The highest BCUT2D eigenvalue weighted by molar-refractivity contribution is 5.89. The van der Waals surface area contributed by atoms with Crippen molar-refractivity contribution in [2.75, 3.05) is 13.2 Å². The highest BCUT2D eigenvalue weighted by atomic mass is 19.1.